The molecular weight excluding hydrogens is 333 g/mol. The molecule has 5 nitrogen and oxygen atoms in total. The van der Waals surface area contributed by atoms with Crippen LogP contribution in [0.1, 0.15) is 5.56 Å². The van der Waals surface area contributed by atoms with Crippen molar-refractivity contribution in [1.29, 1.82) is 0 Å². The Morgan fingerprint density at radius 3 is 2.77 bits per heavy atom. The average molecular weight is 347 g/mol. The second-order valence-corrected chi connectivity index (χ2v) is 6.03. The quantitative estimate of drug-likeness (QED) is 0.548. The van der Waals surface area contributed by atoms with E-state index in [1.54, 1.807) is 22.8 Å². The maximum Gasteiger partial charge on any atom is 0.189 e. The SMILES string of the molecule is Fc1ccc(-c2ccc3ncc(-c4cccc5c4COCO5)n3n2)cc1. The van der Waals surface area contributed by atoms with Crippen molar-refractivity contribution in [3.05, 3.63) is 72.2 Å². The van der Waals surface area contributed by atoms with E-state index in [1.807, 2.05) is 30.3 Å². The van der Waals surface area contributed by atoms with Gasteiger partial charge in [-0.15, -0.1) is 0 Å². The van der Waals surface area contributed by atoms with Crippen molar-refractivity contribution >= 4 is 5.65 Å². The summed E-state index contributed by atoms with van der Waals surface area (Å²) < 4.78 is 26.0. The third-order valence-corrected chi connectivity index (χ3v) is 4.46. The summed E-state index contributed by atoms with van der Waals surface area (Å²) in [6, 6.07) is 16.0. The van der Waals surface area contributed by atoms with Crippen molar-refractivity contribution in [3.8, 4) is 28.3 Å². The highest BCUT2D eigenvalue weighted by Crippen LogP contribution is 2.33. The molecule has 0 radical (unpaired) electrons. The zero-order valence-corrected chi connectivity index (χ0v) is 13.7. The Labute approximate surface area is 148 Å². The number of ether oxygens (including phenoxy) is 2. The molecule has 3 heterocycles. The predicted molar refractivity (Wildman–Crippen MR) is 94.1 cm³/mol. The molecule has 0 spiro atoms. The van der Waals surface area contributed by atoms with Gasteiger partial charge in [0.05, 0.1) is 24.2 Å². The largest absolute Gasteiger partial charge is 0.467 e. The van der Waals surface area contributed by atoms with E-state index in [2.05, 4.69) is 4.98 Å². The lowest BCUT2D eigenvalue weighted by Crippen LogP contribution is -2.12. The van der Waals surface area contributed by atoms with E-state index in [4.69, 9.17) is 14.6 Å². The Morgan fingerprint density at radius 1 is 1.00 bits per heavy atom. The van der Waals surface area contributed by atoms with Gasteiger partial charge in [-0.2, -0.15) is 5.10 Å². The van der Waals surface area contributed by atoms with E-state index < -0.39 is 0 Å². The van der Waals surface area contributed by atoms with Crippen LogP contribution in [0.4, 0.5) is 4.39 Å². The second-order valence-electron chi connectivity index (χ2n) is 6.03. The number of hydrogen-bond acceptors (Lipinski definition) is 4. The lowest BCUT2D eigenvalue weighted by atomic mass is 10.0. The number of hydrogen-bond donors (Lipinski definition) is 0. The van der Waals surface area contributed by atoms with E-state index >= 15 is 0 Å². The van der Waals surface area contributed by atoms with E-state index in [0.29, 0.717) is 6.61 Å². The molecule has 0 aliphatic carbocycles. The molecule has 0 N–H and O–H groups in total. The molecule has 128 valence electrons. The first-order valence-electron chi connectivity index (χ1n) is 8.23. The monoisotopic (exact) mass is 347 g/mol. The predicted octanol–water partition coefficient (Wildman–Crippen LogP) is 4.07. The first-order valence-corrected chi connectivity index (χ1v) is 8.23. The van der Waals surface area contributed by atoms with Gasteiger partial charge in [-0.1, -0.05) is 12.1 Å². The van der Waals surface area contributed by atoms with Gasteiger partial charge in [-0.3, -0.25) is 0 Å². The molecular formula is C20H14FN3O2. The number of imidazole rings is 1. The normalized spacial score (nSPS) is 13.4. The Balaban J connectivity index is 1.68. The van der Waals surface area contributed by atoms with Crippen LogP contribution in [0.2, 0.25) is 0 Å². The maximum atomic E-state index is 13.2. The molecule has 6 heteroatoms. The van der Waals surface area contributed by atoms with Gasteiger partial charge < -0.3 is 9.47 Å². The van der Waals surface area contributed by atoms with Gasteiger partial charge in [0.2, 0.25) is 0 Å². The average Bonchev–Trinajstić information content (AvgIpc) is 3.11. The highest BCUT2D eigenvalue weighted by atomic mass is 19.1. The van der Waals surface area contributed by atoms with E-state index in [0.717, 1.165) is 39.5 Å². The summed E-state index contributed by atoms with van der Waals surface area (Å²) in [6.07, 6.45) is 1.79. The Bertz CT molecular complexity index is 1110. The molecule has 4 aromatic rings. The van der Waals surface area contributed by atoms with Gasteiger partial charge in [-0.05, 0) is 42.5 Å². The van der Waals surface area contributed by atoms with Gasteiger partial charge in [-0.25, -0.2) is 13.9 Å². The molecule has 26 heavy (non-hydrogen) atoms. The van der Waals surface area contributed by atoms with Crippen molar-refractivity contribution < 1.29 is 13.9 Å². The van der Waals surface area contributed by atoms with Crippen LogP contribution in [0, 0.1) is 5.82 Å². The van der Waals surface area contributed by atoms with Gasteiger partial charge in [0.25, 0.3) is 0 Å². The first-order chi connectivity index (χ1) is 12.8. The molecule has 0 atom stereocenters. The Kier molecular flexibility index (Phi) is 3.43. The maximum absolute atomic E-state index is 13.2. The van der Waals surface area contributed by atoms with Crippen molar-refractivity contribution in [1.82, 2.24) is 14.6 Å². The number of halogens is 1. The third kappa shape index (κ3) is 2.43. The summed E-state index contributed by atoms with van der Waals surface area (Å²) in [5, 5.41) is 4.71. The smallest absolute Gasteiger partial charge is 0.189 e. The Hall–Kier alpha value is -3.25. The standard InChI is InChI=1S/C20H14FN3O2/c21-14-6-4-13(5-7-14)17-8-9-20-22-10-18(24(20)23-17)15-2-1-3-19-16(15)11-25-12-26-19/h1-10H,11-12H2. The summed E-state index contributed by atoms with van der Waals surface area (Å²) in [5.41, 5.74) is 5.13. The molecule has 0 fully saturated rings. The second kappa shape index (κ2) is 5.93. The van der Waals surface area contributed by atoms with Gasteiger partial charge in [0.15, 0.2) is 12.4 Å². The van der Waals surface area contributed by atoms with Crippen molar-refractivity contribution in [2.75, 3.05) is 6.79 Å². The lowest BCUT2D eigenvalue weighted by molar-refractivity contribution is -0.0160. The van der Waals surface area contributed by atoms with Gasteiger partial charge >= 0.3 is 0 Å². The fourth-order valence-electron chi connectivity index (χ4n) is 3.17. The molecule has 0 saturated heterocycles. The fraction of sp³-hybridized carbons (Fsp3) is 0.100. The van der Waals surface area contributed by atoms with Crippen LogP contribution in [-0.2, 0) is 11.3 Å². The fourth-order valence-corrected chi connectivity index (χ4v) is 3.17. The number of benzene rings is 2. The van der Waals surface area contributed by atoms with Gasteiger partial charge in [0.1, 0.15) is 11.6 Å². The zero-order chi connectivity index (χ0) is 17.5. The number of fused-ring (bicyclic) bond motifs is 2. The number of aromatic nitrogens is 3. The van der Waals surface area contributed by atoms with Crippen molar-refractivity contribution in [3.63, 3.8) is 0 Å². The molecule has 1 aliphatic heterocycles. The number of nitrogens with zero attached hydrogens (tertiary/aromatic N) is 3. The van der Waals surface area contributed by atoms with Gasteiger partial charge in [0, 0.05) is 16.7 Å². The lowest BCUT2D eigenvalue weighted by Gasteiger charge is -2.20. The van der Waals surface area contributed by atoms with Crippen LogP contribution in [0.5, 0.6) is 5.75 Å². The van der Waals surface area contributed by atoms with Crippen LogP contribution in [0.3, 0.4) is 0 Å². The summed E-state index contributed by atoms with van der Waals surface area (Å²) >= 11 is 0. The van der Waals surface area contributed by atoms with E-state index in [1.165, 1.54) is 12.1 Å². The van der Waals surface area contributed by atoms with Crippen LogP contribution < -0.4 is 4.74 Å². The summed E-state index contributed by atoms with van der Waals surface area (Å²) in [6.45, 7) is 0.743. The van der Waals surface area contributed by atoms with Crippen LogP contribution in [0.15, 0.2) is 60.8 Å². The molecule has 5 rings (SSSR count). The minimum absolute atomic E-state index is 0.260. The first kappa shape index (κ1) is 15.0. The van der Waals surface area contributed by atoms with Crippen LogP contribution in [-0.4, -0.2) is 21.4 Å². The van der Waals surface area contributed by atoms with Crippen LogP contribution >= 0.6 is 0 Å². The molecule has 0 unspecified atom stereocenters. The van der Waals surface area contributed by atoms with Crippen molar-refractivity contribution in [2.45, 2.75) is 6.61 Å². The molecule has 0 saturated carbocycles. The summed E-state index contributed by atoms with van der Waals surface area (Å²) in [4.78, 5) is 4.45. The zero-order valence-electron chi connectivity index (χ0n) is 13.7. The highest BCUT2D eigenvalue weighted by molar-refractivity contribution is 5.70. The number of rotatable bonds is 2. The molecule has 2 aromatic heterocycles. The topological polar surface area (TPSA) is 48.7 Å². The summed E-state index contributed by atoms with van der Waals surface area (Å²) in [5.74, 6) is 0.549. The molecule has 1 aliphatic rings. The van der Waals surface area contributed by atoms with Crippen LogP contribution in [0.25, 0.3) is 28.2 Å². The van der Waals surface area contributed by atoms with E-state index in [-0.39, 0.29) is 12.6 Å². The minimum Gasteiger partial charge on any atom is -0.467 e. The minimum atomic E-state index is -0.269. The molecule has 0 amide bonds. The summed E-state index contributed by atoms with van der Waals surface area (Å²) in [7, 11) is 0. The molecule has 2 aromatic carbocycles. The highest BCUT2D eigenvalue weighted by Gasteiger charge is 2.18. The Morgan fingerprint density at radius 2 is 1.88 bits per heavy atom. The molecule has 0 bridgehead atoms. The third-order valence-electron chi connectivity index (χ3n) is 4.46. The van der Waals surface area contributed by atoms with Crippen molar-refractivity contribution in [2.24, 2.45) is 0 Å². The van der Waals surface area contributed by atoms with E-state index in [9.17, 15) is 4.39 Å².